The van der Waals surface area contributed by atoms with E-state index in [1.54, 1.807) is 0 Å². The molecule has 1 fully saturated rings. The smallest absolute Gasteiger partial charge is 0.0757 e. The van der Waals surface area contributed by atoms with Crippen LogP contribution < -0.4 is 5.32 Å². The summed E-state index contributed by atoms with van der Waals surface area (Å²) in [6.45, 7) is 9.69. The van der Waals surface area contributed by atoms with Gasteiger partial charge in [-0.2, -0.15) is 0 Å². The van der Waals surface area contributed by atoms with Gasteiger partial charge in [-0.3, -0.25) is 0 Å². The van der Waals surface area contributed by atoms with E-state index in [0.29, 0.717) is 12.1 Å². The molecular formula is C15H30N6. The van der Waals surface area contributed by atoms with E-state index >= 15 is 0 Å². The maximum Gasteiger partial charge on any atom is 0.0757 e. The van der Waals surface area contributed by atoms with E-state index in [1.165, 1.54) is 5.69 Å². The zero-order chi connectivity index (χ0) is 15.2. The van der Waals surface area contributed by atoms with Crippen molar-refractivity contribution in [2.24, 2.45) is 0 Å². The number of hydrogen-bond acceptors (Lipinski definition) is 5. The van der Waals surface area contributed by atoms with E-state index < -0.39 is 0 Å². The first-order chi connectivity index (χ1) is 10.2. The predicted octanol–water partition coefficient (Wildman–Crippen LogP) is 0.975. The molecule has 6 heteroatoms. The first kappa shape index (κ1) is 16.4. The van der Waals surface area contributed by atoms with Gasteiger partial charge in [0.25, 0.3) is 0 Å². The molecule has 1 saturated heterocycles. The lowest BCUT2D eigenvalue weighted by molar-refractivity contribution is 0.100. The third kappa shape index (κ3) is 4.25. The summed E-state index contributed by atoms with van der Waals surface area (Å²) in [5.41, 5.74) is 1.22. The minimum absolute atomic E-state index is 0.329. The first-order valence-electron chi connectivity index (χ1n) is 8.16. The second-order valence-corrected chi connectivity index (χ2v) is 6.12. The first-order valence-corrected chi connectivity index (χ1v) is 8.16. The van der Waals surface area contributed by atoms with E-state index in [9.17, 15) is 0 Å². The molecule has 1 N–H and O–H groups in total. The van der Waals surface area contributed by atoms with Crippen LogP contribution in [0.25, 0.3) is 0 Å². The van der Waals surface area contributed by atoms with Gasteiger partial charge < -0.3 is 15.1 Å². The Hall–Kier alpha value is -0.980. The molecule has 21 heavy (non-hydrogen) atoms. The lowest BCUT2D eigenvalue weighted by Crippen LogP contribution is -2.51. The topological polar surface area (TPSA) is 49.2 Å². The van der Waals surface area contributed by atoms with Crippen LogP contribution in [-0.4, -0.2) is 71.1 Å². The fourth-order valence-electron chi connectivity index (χ4n) is 3.10. The normalized spacial score (nSPS) is 22.6. The Kier molecular flexibility index (Phi) is 6.14. The molecule has 0 bridgehead atoms. The average molecular weight is 294 g/mol. The standard InChI is InChI=1S/C15H30N6/c1-5-7-21-15(11-17-18-21)14(16-6-2)10-13-12-19(3)8-9-20(13)4/h11,13-14,16H,5-10,12H2,1-4H3. The van der Waals surface area contributed by atoms with Crippen LogP contribution in [0.15, 0.2) is 6.20 Å². The second-order valence-electron chi connectivity index (χ2n) is 6.12. The van der Waals surface area contributed by atoms with Gasteiger partial charge >= 0.3 is 0 Å². The zero-order valence-electron chi connectivity index (χ0n) is 13.9. The lowest BCUT2D eigenvalue weighted by atomic mass is 10.0. The van der Waals surface area contributed by atoms with Crippen molar-refractivity contribution in [1.29, 1.82) is 0 Å². The number of nitrogens with zero attached hydrogens (tertiary/aromatic N) is 5. The Morgan fingerprint density at radius 1 is 1.33 bits per heavy atom. The van der Waals surface area contributed by atoms with Crippen LogP contribution in [0.3, 0.4) is 0 Å². The molecule has 1 aliphatic heterocycles. The van der Waals surface area contributed by atoms with Crippen LogP contribution in [-0.2, 0) is 6.54 Å². The molecule has 6 nitrogen and oxygen atoms in total. The van der Waals surface area contributed by atoms with Crippen molar-refractivity contribution in [3.8, 4) is 0 Å². The minimum atomic E-state index is 0.329. The number of hydrogen-bond donors (Lipinski definition) is 1. The SMILES string of the molecule is CCCn1nncc1C(CC1CN(C)CCN1C)NCC. The fourth-order valence-corrected chi connectivity index (χ4v) is 3.10. The highest BCUT2D eigenvalue weighted by Gasteiger charge is 2.27. The Bertz CT molecular complexity index is 418. The van der Waals surface area contributed by atoms with Gasteiger partial charge in [-0.15, -0.1) is 5.10 Å². The van der Waals surface area contributed by atoms with Crippen LogP contribution in [0.2, 0.25) is 0 Å². The molecule has 0 saturated carbocycles. The fraction of sp³-hybridized carbons (Fsp3) is 0.867. The monoisotopic (exact) mass is 294 g/mol. The van der Waals surface area contributed by atoms with Gasteiger partial charge in [-0.05, 0) is 33.5 Å². The average Bonchev–Trinajstić information content (AvgIpc) is 2.91. The number of rotatable bonds is 7. The predicted molar refractivity (Wildman–Crippen MR) is 85.3 cm³/mol. The van der Waals surface area contributed by atoms with Crippen LogP contribution in [0.5, 0.6) is 0 Å². The Labute approximate surface area is 128 Å². The minimum Gasteiger partial charge on any atom is -0.309 e. The summed E-state index contributed by atoms with van der Waals surface area (Å²) in [6, 6.07) is 0.910. The number of aryl methyl sites for hydroxylation is 1. The van der Waals surface area contributed by atoms with E-state index in [0.717, 1.165) is 45.6 Å². The molecule has 1 aromatic rings. The summed E-state index contributed by atoms with van der Waals surface area (Å²) in [5, 5.41) is 12.0. The summed E-state index contributed by atoms with van der Waals surface area (Å²) >= 11 is 0. The molecule has 1 aromatic heterocycles. The summed E-state index contributed by atoms with van der Waals surface area (Å²) in [7, 11) is 4.45. The van der Waals surface area contributed by atoms with E-state index in [4.69, 9.17) is 0 Å². The third-order valence-electron chi connectivity index (χ3n) is 4.38. The van der Waals surface area contributed by atoms with Crippen molar-refractivity contribution in [2.45, 2.75) is 45.3 Å². The molecule has 0 radical (unpaired) electrons. The van der Waals surface area contributed by atoms with Crippen molar-refractivity contribution in [2.75, 3.05) is 40.3 Å². The van der Waals surface area contributed by atoms with Gasteiger partial charge in [0.05, 0.1) is 17.9 Å². The second kappa shape index (κ2) is 7.87. The summed E-state index contributed by atoms with van der Waals surface area (Å²) in [4.78, 5) is 4.91. The van der Waals surface area contributed by atoms with Gasteiger partial charge in [0.15, 0.2) is 0 Å². The number of aromatic nitrogens is 3. The quantitative estimate of drug-likeness (QED) is 0.812. The van der Waals surface area contributed by atoms with Gasteiger partial charge in [0.1, 0.15) is 0 Å². The van der Waals surface area contributed by atoms with E-state index in [2.05, 4.69) is 58.1 Å². The Morgan fingerprint density at radius 3 is 2.86 bits per heavy atom. The number of nitrogens with one attached hydrogen (secondary N) is 1. The summed E-state index contributed by atoms with van der Waals surface area (Å²) in [5.74, 6) is 0. The molecule has 0 aliphatic carbocycles. The van der Waals surface area contributed by atoms with Crippen LogP contribution in [0, 0.1) is 0 Å². The lowest BCUT2D eigenvalue weighted by Gasteiger charge is -2.39. The molecule has 120 valence electrons. The number of piperazine rings is 1. The molecule has 0 spiro atoms. The van der Waals surface area contributed by atoms with Crippen molar-refractivity contribution in [3.05, 3.63) is 11.9 Å². The van der Waals surface area contributed by atoms with Crippen molar-refractivity contribution >= 4 is 0 Å². The molecule has 0 amide bonds. The number of likely N-dealkylation sites (N-methyl/N-ethyl adjacent to an activating group) is 2. The zero-order valence-corrected chi connectivity index (χ0v) is 13.9. The molecule has 2 rings (SSSR count). The maximum absolute atomic E-state index is 4.24. The van der Waals surface area contributed by atoms with Crippen molar-refractivity contribution in [3.63, 3.8) is 0 Å². The van der Waals surface area contributed by atoms with Gasteiger partial charge in [-0.25, -0.2) is 4.68 Å². The van der Waals surface area contributed by atoms with E-state index in [-0.39, 0.29) is 0 Å². The molecular weight excluding hydrogens is 264 g/mol. The molecule has 2 heterocycles. The van der Waals surface area contributed by atoms with Gasteiger partial charge in [0, 0.05) is 32.2 Å². The van der Waals surface area contributed by atoms with Crippen molar-refractivity contribution < 1.29 is 0 Å². The Balaban J connectivity index is 2.09. The van der Waals surface area contributed by atoms with Gasteiger partial charge in [-0.1, -0.05) is 19.1 Å². The summed E-state index contributed by atoms with van der Waals surface area (Å²) in [6.07, 6.45) is 4.11. The molecule has 1 aliphatic rings. The highest BCUT2D eigenvalue weighted by Crippen LogP contribution is 2.22. The highest BCUT2D eigenvalue weighted by molar-refractivity contribution is 5.04. The molecule has 0 aromatic carbocycles. The molecule has 2 atom stereocenters. The highest BCUT2D eigenvalue weighted by atomic mass is 15.4. The van der Waals surface area contributed by atoms with Crippen molar-refractivity contribution in [1.82, 2.24) is 30.1 Å². The molecule has 2 unspecified atom stereocenters. The van der Waals surface area contributed by atoms with E-state index in [1.807, 2.05) is 6.20 Å². The van der Waals surface area contributed by atoms with Crippen LogP contribution >= 0.6 is 0 Å². The summed E-state index contributed by atoms with van der Waals surface area (Å²) < 4.78 is 2.06. The largest absolute Gasteiger partial charge is 0.309 e. The Morgan fingerprint density at radius 2 is 2.14 bits per heavy atom. The third-order valence-corrected chi connectivity index (χ3v) is 4.38. The van der Waals surface area contributed by atoms with Gasteiger partial charge in [0.2, 0.25) is 0 Å². The maximum atomic E-state index is 4.24. The van der Waals surface area contributed by atoms with Crippen LogP contribution in [0.1, 0.15) is 38.4 Å². The van der Waals surface area contributed by atoms with Crippen LogP contribution in [0.4, 0.5) is 0 Å².